The third kappa shape index (κ3) is 3.35. The lowest BCUT2D eigenvalue weighted by Gasteiger charge is -2.14. The van der Waals surface area contributed by atoms with Crippen LogP contribution in [0, 0.1) is 0 Å². The lowest BCUT2D eigenvalue weighted by molar-refractivity contribution is 0.320. The summed E-state index contributed by atoms with van der Waals surface area (Å²) in [5.74, 6) is 1.60. The minimum Gasteiger partial charge on any atom is -0.420 e. The Balaban J connectivity index is 1.43. The highest BCUT2D eigenvalue weighted by Crippen LogP contribution is 2.29. The van der Waals surface area contributed by atoms with E-state index in [4.69, 9.17) is 16.0 Å². The van der Waals surface area contributed by atoms with Gasteiger partial charge in [0.2, 0.25) is 11.8 Å². The first-order valence-electron chi connectivity index (χ1n) is 8.13. The Kier molecular flexibility index (Phi) is 4.32. The Morgan fingerprint density at radius 3 is 2.62 bits per heavy atom. The van der Waals surface area contributed by atoms with Crippen molar-refractivity contribution in [2.45, 2.75) is 18.9 Å². The Hall–Kier alpha value is -2.17. The van der Waals surface area contributed by atoms with E-state index in [1.54, 1.807) is 0 Å². The zero-order valence-corrected chi connectivity index (χ0v) is 14.0. The second kappa shape index (κ2) is 6.75. The Morgan fingerprint density at radius 2 is 1.83 bits per heavy atom. The zero-order chi connectivity index (χ0) is 16.4. The predicted octanol–water partition coefficient (Wildman–Crippen LogP) is 4.38. The summed E-state index contributed by atoms with van der Waals surface area (Å²) < 4.78 is 5.90. The van der Waals surface area contributed by atoms with Crippen LogP contribution in [0.5, 0.6) is 0 Å². The summed E-state index contributed by atoms with van der Waals surface area (Å²) >= 11 is 5.92. The molecular weight excluding hydrogens is 322 g/mol. The fourth-order valence-corrected chi connectivity index (χ4v) is 3.25. The number of halogens is 1. The maximum atomic E-state index is 5.92. The minimum atomic E-state index is 0.308. The molecule has 24 heavy (non-hydrogen) atoms. The molecule has 2 heterocycles. The highest BCUT2D eigenvalue weighted by atomic mass is 35.5. The predicted molar refractivity (Wildman–Crippen MR) is 93.8 cm³/mol. The molecular formula is C19H18ClN3O. The average Bonchev–Trinajstić information content (AvgIpc) is 3.26. The van der Waals surface area contributed by atoms with Crippen molar-refractivity contribution in [2.75, 3.05) is 13.1 Å². The van der Waals surface area contributed by atoms with Crippen molar-refractivity contribution in [3.63, 3.8) is 0 Å². The van der Waals surface area contributed by atoms with Gasteiger partial charge in [0.05, 0.1) is 5.92 Å². The van der Waals surface area contributed by atoms with E-state index < -0.39 is 0 Å². The van der Waals surface area contributed by atoms with Gasteiger partial charge in [-0.05, 0) is 42.8 Å². The van der Waals surface area contributed by atoms with Crippen molar-refractivity contribution in [1.82, 2.24) is 15.1 Å². The summed E-state index contributed by atoms with van der Waals surface area (Å²) in [6.45, 7) is 2.98. The topological polar surface area (TPSA) is 42.2 Å². The molecule has 1 fully saturated rings. The molecule has 0 amide bonds. The summed E-state index contributed by atoms with van der Waals surface area (Å²) in [5.41, 5.74) is 2.24. The largest absolute Gasteiger partial charge is 0.420 e. The van der Waals surface area contributed by atoms with Crippen LogP contribution in [0.1, 0.15) is 23.8 Å². The standard InChI is InChI=1S/C19H18ClN3O/c20-17-8-6-15(7-9-17)18-21-22-19(24-18)16-10-11-23(13-16)12-14-4-2-1-3-5-14/h1-9,16H,10-13H2. The Labute approximate surface area is 146 Å². The number of hydrogen-bond acceptors (Lipinski definition) is 4. The van der Waals surface area contributed by atoms with Crippen molar-refractivity contribution < 1.29 is 4.42 Å². The molecule has 2 aromatic carbocycles. The first kappa shape index (κ1) is 15.4. The van der Waals surface area contributed by atoms with Crippen LogP contribution in [0.25, 0.3) is 11.5 Å². The van der Waals surface area contributed by atoms with Crippen LogP contribution in [0.2, 0.25) is 5.02 Å². The highest BCUT2D eigenvalue weighted by Gasteiger charge is 2.28. The van der Waals surface area contributed by atoms with Crippen LogP contribution in [0.4, 0.5) is 0 Å². The van der Waals surface area contributed by atoms with E-state index in [9.17, 15) is 0 Å². The first-order chi connectivity index (χ1) is 11.8. The van der Waals surface area contributed by atoms with Crippen molar-refractivity contribution in [2.24, 2.45) is 0 Å². The van der Waals surface area contributed by atoms with Crippen LogP contribution in [-0.2, 0) is 6.54 Å². The van der Waals surface area contributed by atoms with E-state index in [1.807, 2.05) is 30.3 Å². The van der Waals surface area contributed by atoms with Gasteiger partial charge in [0.25, 0.3) is 0 Å². The third-order valence-electron chi connectivity index (χ3n) is 4.40. The van der Waals surface area contributed by atoms with Crippen molar-refractivity contribution in [1.29, 1.82) is 0 Å². The SMILES string of the molecule is Clc1ccc(-c2nnc(C3CCN(Cc4ccccc4)C3)o2)cc1. The average molecular weight is 340 g/mol. The van der Waals surface area contributed by atoms with Crippen LogP contribution < -0.4 is 0 Å². The van der Waals surface area contributed by atoms with Crippen molar-refractivity contribution >= 4 is 11.6 Å². The molecule has 122 valence electrons. The second-order valence-corrected chi connectivity index (χ2v) is 6.60. The smallest absolute Gasteiger partial charge is 0.247 e. The molecule has 0 bridgehead atoms. The van der Waals surface area contributed by atoms with E-state index in [-0.39, 0.29) is 0 Å². The maximum Gasteiger partial charge on any atom is 0.247 e. The number of hydrogen-bond donors (Lipinski definition) is 0. The third-order valence-corrected chi connectivity index (χ3v) is 4.65. The summed E-state index contributed by atoms with van der Waals surface area (Å²) in [6, 6.07) is 18.0. The lowest BCUT2D eigenvalue weighted by atomic mass is 10.1. The summed E-state index contributed by atoms with van der Waals surface area (Å²) in [4.78, 5) is 2.44. The molecule has 0 N–H and O–H groups in total. The van der Waals surface area contributed by atoms with Gasteiger partial charge in [-0.2, -0.15) is 0 Å². The summed E-state index contributed by atoms with van der Waals surface area (Å²) in [5, 5.41) is 9.15. The maximum absolute atomic E-state index is 5.92. The molecule has 0 saturated carbocycles. The van der Waals surface area contributed by atoms with Crippen LogP contribution in [0.15, 0.2) is 59.0 Å². The number of aromatic nitrogens is 2. The van der Waals surface area contributed by atoms with E-state index >= 15 is 0 Å². The van der Waals surface area contributed by atoms with Crippen LogP contribution >= 0.6 is 11.6 Å². The van der Waals surface area contributed by atoms with Gasteiger partial charge in [-0.25, -0.2) is 0 Å². The molecule has 4 rings (SSSR count). The quantitative estimate of drug-likeness (QED) is 0.707. The van der Waals surface area contributed by atoms with Gasteiger partial charge >= 0.3 is 0 Å². The van der Waals surface area contributed by atoms with E-state index in [0.29, 0.717) is 16.8 Å². The molecule has 1 unspecified atom stereocenters. The van der Waals surface area contributed by atoms with Crippen LogP contribution in [-0.4, -0.2) is 28.2 Å². The molecule has 1 atom stereocenters. The van der Waals surface area contributed by atoms with Crippen LogP contribution in [0.3, 0.4) is 0 Å². The molecule has 0 radical (unpaired) electrons. The fourth-order valence-electron chi connectivity index (χ4n) is 3.13. The fraction of sp³-hybridized carbons (Fsp3) is 0.263. The first-order valence-corrected chi connectivity index (χ1v) is 8.51. The normalized spacial score (nSPS) is 18.1. The zero-order valence-electron chi connectivity index (χ0n) is 13.2. The van der Waals surface area contributed by atoms with E-state index in [0.717, 1.165) is 37.5 Å². The van der Waals surface area contributed by atoms with Gasteiger partial charge < -0.3 is 4.42 Å². The second-order valence-electron chi connectivity index (χ2n) is 6.16. The van der Waals surface area contributed by atoms with E-state index in [2.05, 4.69) is 39.4 Å². The summed E-state index contributed by atoms with van der Waals surface area (Å²) in [7, 11) is 0. The van der Waals surface area contributed by atoms with Gasteiger partial charge in [0.1, 0.15) is 0 Å². The molecule has 1 aromatic heterocycles. The molecule has 0 aliphatic carbocycles. The summed E-state index contributed by atoms with van der Waals surface area (Å²) in [6.07, 6.45) is 1.05. The van der Waals surface area contributed by atoms with Gasteiger partial charge in [-0.3, -0.25) is 4.90 Å². The number of rotatable bonds is 4. The molecule has 5 heteroatoms. The number of nitrogens with zero attached hydrogens (tertiary/aromatic N) is 3. The minimum absolute atomic E-state index is 0.308. The molecule has 3 aromatic rings. The number of benzene rings is 2. The number of likely N-dealkylation sites (tertiary alicyclic amines) is 1. The van der Waals surface area contributed by atoms with Gasteiger partial charge in [-0.1, -0.05) is 41.9 Å². The lowest BCUT2D eigenvalue weighted by Crippen LogP contribution is -2.19. The molecule has 1 saturated heterocycles. The highest BCUT2D eigenvalue weighted by molar-refractivity contribution is 6.30. The van der Waals surface area contributed by atoms with Gasteiger partial charge in [0.15, 0.2) is 0 Å². The van der Waals surface area contributed by atoms with Gasteiger partial charge in [0, 0.05) is 23.7 Å². The van der Waals surface area contributed by atoms with E-state index in [1.165, 1.54) is 5.56 Å². The monoisotopic (exact) mass is 339 g/mol. The Bertz CT molecular complexity index is 801. The van der Waals surface area contributed by atoms with Gasteiger partial charge in [-0.15, -0.1) is 10.2 Å². The Morgan fingerprint density at radius 1 is 1.04 bits per heavy atom. The molecule has 4 nitrogen and oxygen atoms in total. The molecule has 1 aliphatic rings. The molecule has 1 aliphatic heterocycles. The van der Waals surface area contributed by atoms with Crippen molar-refractivity contribution in [3.05, 3.63) is 71.1 Å². The van der Waals surface area contributed by atoms with Crippen molar-refractivity contribution in [3.8, 4) is 11.5 Å². The molecule has 0 spiro atoms.